The van der Waals surface area contributed by atoms with Gasteiger partial charge in [0, 0.05) is 35.9 Å². The normalized spacial score (nSPS) is 23.3. The lowest BCUT2D eigenvalue weighted by atomic mass is 9.87. The van der Waals surface area contributed by atoms with Crippen molar-refractivity contribution in [2.24, 2.45) is 5.73 Å². The number of aryl methyl sites for hydroxylation is 1. The predicted molar refractivity (Wildman–Crippen MR) is 71.0 cm³/mol. The first-order valence-electron chi connectivity index (χ1n) is 6.39. The fraction of sp³-hybridized carbons (Fsp3) is 0.615. The van der Waals surface area contributed by atoms with Gasteiger partial charge >= 0.3 is 0 Å². The quantitative estimate of drug-likeness (QED) is 0.663. The molecule has 2 heterocycles. The molecule has 104 valence electrons. The molecule has 0 bridgehead atoms. The molecule has 0 aliphatic carbocycles. The van der Waals surface area contributed by atoms with E-state index in [4.69, 9.17) is 10.5 Å². The van der Waals surface area contributed by atoms with E-state index in [1.165, 1.54) is 0 Å². The lowest BCUT2D eigenvalue weighted by Gasteiger charge is -2.33. The summed E-state index contributed by atoms with van der Waals surface area (Å²) in [6, 6.07) is 0. The molecule has 6 nitrogen and oxygen atoms in total. The van der Waals surface area contributed by atoms with Crippen LogP contribution in [0.15, 0.2) is 6.20 Å². The molecule has 1 saturated heterocycles. The maximum atomic E-state index is 11.1. The predicted octanol–water partition coefficient (Wildman–Crippen LogP) is 1.66. The molecule has 1 atom stereocenters. The van der Waals surface area contributed by atoms with Crippen molar-refractivity contribution < 1.29 is 9.66 Å². The molecule has 1 aromatic rings. The second-order valence-electron chi connectivity index (χ2n) is 5.31. The minimum Gasteiger partial charge on any atom is -0.380 e. The second-order valence-corrected chi connectivity index (χ2v) is 5.31. The van der Waals surface area contributed by atoms with Gasteiger partial charge in [0.25, 0.3) is 5.69 Å². The van der Waals surface area contributed by atoms with Crippen LogP contribution in [0.25, 0.3) is 0 Å². The molecule has 1 aliphatic rings. The zero-order valence-corrected chi connectivity index (χ0v) is 11.3. The third kappa shape index (κ3) is 2.90. The van der Waals surface area contributed by atoms with Crippen molar-refractivity contribution in [1.29, 1.82) is 0 Å². The van der Waals surface area contributed by atoms with Crippen LogP contribution in [0.5, 0.6) is 0 Å². The number of nitrogens with two attached hydrogens (primary N) is 1. The summed E-state index contributed by atoms with van der Waals surface area (Å²) < 4.78 is 5.41. The number of rotatable bonds is 3. The van der Waals surface area contributed by atoms with Gasteiger partial charge in [0.2, 0.25) is 0 Å². The highest BCUT2D eigenvalue weighted by atomic mass is 16.6. The highest BCUT2D eigenvalue weighted by Gasteiger charge is 2.31. The standard InChI is InChI=1S/C13H19N3O3/c1-9-7-15-11(10(2)12(9)16(17)18)6-13(14)4-3-5-19-8-13/h7H,3-6,8,14H2,1-2H3. The van der Waals surface area contributed by atoms with Crippen LogP contribution in [-0.4, -0.2) is 28.7 Å². The van der Waals surface area contributed by atoms with Crippen molar-refractivity contribution in [2.45, 2.75) is 38.6 Å². The van der Waals surface area contributed by atoms with Crippen LogP contribution in [0, 0.1) is 24.0 Å². The van der Waals surface area contributed by atoms with Gasteiger partial charge in [-0.25, -0.2) is 0 Å². The Morgan fingerprint density at radius 1 is 1.58 bits per heavy atom. The third-order valence-electron chi connectivity index (χ3n) is 3.63. The van der Waals surface area contributed by atoms with Gasteiger partial charge in [-0.2, -0.15) is 0 Å². The van der Waals surface area contributed by atoms with Crippen LogP contribution < -0.4 is 5.73 Å². The molecule has 0 saturated carbocycles. The molecule has 19 heavy (non-hydrogen) atoms. The molecule has 0 radical (unpaired) electrons. The number of ether oxygens (including phenoxy) is 1. The van der Waals surface area contributed by atoms with Gasteiger partial charge in [0.1, 0.15) is 0 Å². The summed E-state index contributed by atoms with van der Waals surface area (Å²) in [4.78, 5) is 15.1. The van der Waals surface area contributed by atoms with Gasteiger partial charge < -0.3 is 10.5 Å². The van der Waals surface area contributed by atoms with Crippen molar-refractivity contribution in [3.05, 3.63) is 33.1 Å². The average molecular weight is 265 g/mol. The van der Waals surface area contributed by atoms with Crippen LogP contribution in [0.4, 0.5) is 5.69 Å². The first-order valence-corrected chi connectivity index (χ1v) is 6.39. The Bertz CT molecular complexity index is 496. The van der Waals surface area contributed by atoms with Crippen molar-refractivity contribution >= 4 is 5.69 Å². The number of pyridine rings is 1. The van der Waals surface area contributed by atoms with Crippen LogP contribution >= 0.6 is 0 Å². The third-order valence-corrected chi connectivity index (χ3v) is 3.63. The Balaban J connectivity index is 2.30. The van der Waals surface area contributed by atoms with E-state index < -0.39 is 5.54 Å². The number of nitro groups is 1. The topological polar surface area (TPSA) is 91.3 Å². The van der Waals surface area contributed by atoms with Crippen LogP contribution in [0.1, 0.15) is 29.7 Å². The monoisotopic (exact) mass is 265 g/mol. The summed E-state index contributed by atoms with van der Waals surface area (Å²) in [5.74, 6) is 0. The summed E-state index contributed by atoms with van der Waals surface area (Å²) in [6.45, 7) is 4.65. The Labute approximate surface area is 112 Å². The van der Waals surface area contributed by atoms with Crippen molar-refractivity contribution in [3.8, 4) is 0 Å². The molecule has 2 rings (SSSR count). The lowest BCUT2D eigenvalue weighted by molar-refractivity contribution is -0.386. The van der Waals surface area contributed by atoms with Gasteiger partial charge in [0.15, 0.2) is 0 Å². The zero-order chi connectivity index (χ0) is 14.0. The Morgan fingerprint density at radius 2 is 2.32 bits per heavy atom. The molecule has 1 fully saturated rings. The van der Waals surface area contributed by atoms with Gasteiger partial charge in [-0.05, 0) is 26.7 Å². The molecule has 0 spiro atoms. The van der Waals surface area contributed by atoms with E-state index in [0.29, 0.717) is 29.8 Å². The first kappa shape index (κ1) is 13.9. The SMILES string of the molecule is Cc1cnc(CC2(N)CCCOC2)c(C)c1[N+](=O)[O-]. The first-order chi connectivity index (χ1) is 8.93. The number of hydrogen-bond acceptors (Lipinski definition) is 5. The highest BCUT2D eigenvalue weighted by molar-refractivity contribution is 5.47. The van der Waals surface area contributed by atoms with E-state index in [1.807, 2.05) is 0 Å². The molecule has 6 heteroatoms. The van der Waals surface area contributed by atoms with Gasteiger partial charge in [-0.3, -0.25) is 15.1 Å². The molecule has 1 aromatic heterocycles. The smallest absolute Gasteiger partial charge is 0.278 e. The summed E-state index contributed by atoms with van der Waals surface area (Å²) in [5, 5.41) is 11.1. The van der Waals surface area contributed by atoms with E-state index in [-0.39, 0.29) is 10.6 Å². The lowest BCUT2D eigenvalue weighted by Crippen LogP contribution is -2.49. The van der Waals surface area contributed by atoms with E-state index in [1.54, 1.807) is 20.0 Å². The van der Waals surface area contributed by atoms with Crippen LogP contribution in [0.2, 0.25) is 0 Å². The molecular weight excluding hydrogens is 246 g/mol. The molecule has 1 unspecified atom stereocenters. The summed E-state index contributed by atoms with van der Waals surface area (Å²) >= 11 is 0. The fourth-order valence-electron chi connectivity index (χ4n) is 2.57. The fourth-order valence-corrected chi connectivity index (χ4v) is 2.57. The number of aromatic nitrogens is 1. The maximum absolute atomic E-state index is 11.1. The Morgan fingerprint density at radius 3 is 2.89 bits per heavy atom. The van der Waals surface area contributed by atoms with E-state index in [2.05, 4.69) is 4.98 Å². The van der Waals surface area contributed by atoms with Gasteiger partial charge in [0.05, 0.1) is 17.2 Å². The molecular formula is C13H19N3O3. The van der Waals surface area contributed by atoms with E-state index in [0.717, 1.165) is 19.4 Å². The maximum Gasteiger partial charge on any atom is 0.278 e. The average Bonchev–Trinajstić information content (AvgIpc) is 2.33. The molecule has 1 aliphatic heterocycles. The van der Waals surface area contributed by atoms with Gasteiger partial charge in [-0.15, -0.1) is 0 Å². The van der Waals surface area contributed by atoms with Crippen LogP contribution in [0.3, 0.4) is 0 Å². The molecule has 2 N–H and O–H groups in total. The van der Waals surface area contributed by atoms with Crippen molar-refractivity contribution in [2.75, 3.05) is 13.2 Å². The minimum absolute atomic E-state index is 0.144. The van der Waals surface area contributed by atoms with Crippen molar-refractivity contribution in [1.82, 2.24) is 4.98 Å². The second kappa shape index (κ2) is 5.22. The largest absolute Gasteiger partial charge is 0.380 e. The Hall–Kier alpha value is -1.53. The molecule has 0 aromatic carbocycles. The van der Waals surface area contributed by atoms with Crippen molar-refractivity contribution in [3.63, 3.8) is 0 Å². The highest BCUT2D eigenvalue weighted by Crippen LogP contribution is 2.28. The zero-order valence-electron chi connectivity index (χ0n) is 11.3. The minimum atomic E-state index is -0.459. The van der Waals surface area contributed by atoms with Gasteiger partial charge in [-0.1, -0.05) is 0 Å². The summed E-state index contributed by atoms with van der Waals surface area (Å²) in [7, 11) is 0. The number of nitrogens with zero attached hydrogens (tertiary/aromatic N) is 2. The van der Waals surface area contributed by atoms with Crippen LogP contribution in [-0.2, 0) is 11.2 Å². The number of hydrogen-bond donors (Lipinski definition) is 1. The van der Waals surface area contributed by atoms with E-state index >= 15 is 0 Å². The Kier molecular flexibility index (Phi) is 3.82. The van der Waals surface area contributed by atoms with E-state index in [9.17, 15) is 10.1 Å². The molecule has 0 amide bonds. The summed E-state index contributed by atoms with van der Waals surface area (Å²) in [6.07, 6.45) is 3.84. The summed E-state index contributed by atoms with van der Waals surface area (Å²) in [5.41, 5.74) is 7.87.